The molecule has 1 aliphatic heterocycles. The Labute approximate surface area is 220 Å². The van der Waals surface area contributed by atoms with Crippen LogP contribution in [0.2, 0.25) is 0 Å². The van der Waals surface area contributed by atoms with Gasteiger partial charge in [-0.3, -0.25) is 14.4 Å². The average Bonchev–Trinajstić information content (AvgIpc) is 3.31. The molecule has 0 unspecified atom stereocenters. The predicted molar refractivity (Wildman–Crippen MR) is 139 cm³/mol. The molecule has 0 aliphatic carbocycles. The van der Waals surface area contributed by atoms with Crippen LogP contribution in [0, 0.1) is 43.3 Å². The molecule has 3 rings (SSSR count). The quantitative estimate of drug-likeness (QED) is 0.183. The zero-order valence-corrected chi connectivity index (χ0v) is 21.7. The Kier molecular flexibility index (Phi) is 8.71. The van der Waals surface area contributed by atoms with Crippen molar-refractivity contribution in [1.29, 1.82) is 5.26 Å². The third-order valence-corrected chi connectivity index (χ3v) is 7.67. The number of unbranched alkanes of at least 4 members (excludes halogenated alkanes) is 1. The molecule has 0 spiro atoms. The summed E-state index contributed by atoms with van der Waals surface area (Å²) in [6.45, 7) is 2.35. The molecule has 0 saturated carbocycles. The predicted octanol–water partition coefficient (Wildman–Crippen LogP) is 2.48. The summed E-state index contributed by atoms with van der Waals surface area (Å²) in [5.41, 5.74) is 2.79. The fraction of sp³-hybridized carbons (Fsp3) is 0.308. The molecule has 10 nitrogen and oxygen atoms in total. The molecular formula is C26H26FN5O5S. The van der Waals surface area contributed by atoms with Crippen LogP contribution in [0.5, 0.6) is 0 Å². The number of H-pyrrole nitrogens is 1. The highest BCUT2D eigenvalue weighted by atomic mass is 32.2. The molecule has 1 aromatic heterocycles. The number of carbonyl (C=O) groups excluding carboxylic acids is 3. The van der Waals surface area contributed by atoms with Gasteiger partial charge in [0.25, 0.3) is 11.8 Å². The van der Waals surface area contributed by atoms with Crippen LogP contribution in [0.25, 0.3) is 11.6 Å². The van der Waals surface area contributed by atoms with E-state index in [1.807, 2.05) is 0 Å². The van der Waals surface area contributed by atoms with Crippen molar-refractivity contribution in [3.63, 3.8) is 0 Å². The molecule has 0 saturated heterocycles. The van der Waals surface area contributed by atoms with Gasteiger partial charge in [-0.15, -0.1) is 12.3 Å². The van der Waals surface area contributed by atoms with Crippen molar-refractivity contribution >= 4 is 45.1 Å². The van der Waals surface area contributed by atoms with Gasteiger partial charge in [-0.25, -0.2) is 17.1 Å². The van der Waals surface area contributed by atoms with E-state index in [2.05, 4.69) is 21.5 Å². The summed E-state index contributed by atoms with van der Waals surface area (Å²) in [7, 11) is -4.17. The lowest BCUT2D eigenvalue weighted by Crippen LogP contribution is -2.41. The van der Waals surface area contributed by atoms with Gasteiger partial charge in [0.05, 0.1) is 23.0 Å². The third kappa shape index (κ3) is 6.10. The second kappa shape index (κ2) is 11.8. The third-order valence-electron chi connectivity index (χ3n) is 5.94. The highest BCUT2D eigenvalue weighted by molar-refractivity contribution is 7.89. The van der Waals surface area contributed by atoms with Crippen LogP contribution in [0.15, 0.2) is 18.2 Å². The van der Waals surface area contributed by atoms with Gasteiger partial charge in [-0.2, -0.15) is 5.26 Å². The number of halogens is 1. The first-order valence-corrected chi connectivity index (χ1v) is 13.2. The van der Waals surface area contributed by atoms with Crippen LogP contribution in [-0.2, 0) is 19.6 Å². The first-order chi connectivity index (χ1) is 18.0. The van der Waals surface area contributed by atoms with Crippen molar-refractivity contribution in [3.8, 4) is 18.4 Å². The van der Waals surface area contributed by atoms with Crippen molar-refractivity contribution in [2.75, 3.05) is 24.2 Å². The highest BCUT2D eigenvalue weighted by Crippen LogP contribution is 2.34. The van der Waals surface area contributed by atoms with E-state index in [9.17, 15) is 27.2 Å². The Morgan fingerprint density at radius 1 is 1.29 bits per heavy atom. The lowest BCUT2D eigenvalue weighted by molar-refractivity contribution is -0.126. The summed E-state index contributed by atoms with van der Waals surface area (Å²) in [6.07, 6.45) is 7.14. The number of hydrogen-bond acceptors (Lipinski definition) is 6. The molecule has 1 aromatic carbocycles. The molecule has 198 valence electrons. The lowest BCUT2D eigenvalue weighted by Gasteiger charge is -2.19. The number of nitrogens with zero attached hydrogens (tertiary/aromatic N) is 2. The van der Waals surface area contributed by atoms with Gasteiger partial charge in [-0.05, 0) is 50.1 Å². The Morgan fingerprint density at radius 2 is 2.03 bits per heavy atom. The van der Waals surface area contributed by atoms with Gasteiger partial charge in [0.2, 0.25) is 15.9 Å². The molecule has 0 radical (unpaired) electrons. The van der Waals surface area contributed by atoms with E-state index in [0.29, 0.717) is 38.9 Å². The second-order valence-electron chi connectivity index (χ2n) is 8.55. The number of hydrogen-bond donors (Lipinski definition) is 3. The number of carbonyl (C=O) groups is 3. The number of nitrogens with one attached hydrogen (secondary N) is 3. The summed E-state index contributed by atoms with van der Waals surface area (Å²) >= 11 is 0. The second-order valence-corrected chi connectivity index (χ2v) is 10.6. The normalized spacial score (nSPS) is 13.4. The molecule has 12 heteroatoms. The number of fused-ring (bicyclic) bond motifs is 1. The Balaban J connectivity index is 1.73. The largest absolute Gasteiger partial charge is 0.358 e. The minimum absolute atomic E-state index is 0.118. The first kappa shape index (κ1) is 28.2. The number of sulfonamides is 1. The van der Waals surface area contributed by atoms with Gasteiger partial charge < -0.3 is 15.6 Å². The van der Waals surface area contributed by atoms with Gasteiger partial charge in [0, 0.05) is 42.0 Å². The van der Waals surface area contributed by atoms with Crippen molar-refractivity contribution in [3.05, 3.63) is 52.1 Å². The molecule has 3 amide bonds. The number of aromatic amines is 1. The van der Waals surface area contributed by atoms with Crippen LogP contribution in [0.1, 0.15) is 52.1 Å². The topological polar surface area (TPSA) is 152 Å². The molecular weight excluding hydrogens is 513 g/mol. The van der Waals surface area contributed by atoms with E-state index in [-0.39, 0.29) is 30.5 Å². The van der Waals surface area contributed by atoms with Gasteiger partial charge >= 0.3 is 0 Å². The fourth-order valence-electron chi connectivity index (χ4n) is 4.07. The molecule has 0 fully saturated rings. The van der Waals surface area contributed by atoms with Crippen LogP contribution in [-0.4, -0.2) is 54.3 Å². The molecule has 1 aliphatic rings. The molecule has 2 aromatic rings. The van der Waals surface area contributed by atoms with Crippen molar-refractivity contribution in [2.45, 2.75) is 33.1 Å². The minimum atomic E-state index is -4.17. The molecule has 0 bridgehead atoms. The summed E-state index contributed by atoms with van der Waals surface area (Å²) < 4.78 is 39.6. The zero-order chi connectivity index (χ0) is 28.0. The van der Waals surface area contributed by atoms with Gasteiger partial charge in [0.1, 0.15) is 12.4 Å². The van der Waals surface area contributed by atoms with Crippen LogP contribution >= 0.6 is 0 Å². The number of aryl methyl sites for hydroxylation is 1. The average molecular weight is 540 g/mol. The maximum Gasteiger partial charge on any atom is 0.256 e. The van der Waals surface area contributed by atoms with E-state index in [0.717, 1.165) is 0 Å². The standard InChI is InChI=1S/C26H26FN5O5S/c1-4-5-6-7-23(33)32(12-10-28)38(36,37)13-11-29-26(35)24-16(2)22(30-17(24)3)15-20-19-14-18(27)8-9-21(19)31-25(20)34/h1,8-9,14-15,30H,5-7,11-13H2,2-3H3,(H,29,35)(H,31,34)/b20-15-. The van der Waals surface area contributed by atoms with E-state index in [4.69, 9.17) is 11.7 Å². The number of nitriles is 1. The number of terminal acetylenes is 1. The minimum Gasteiger partial charge on any atom is -0.358 e. The summed E-state index contributed by atoms with van der Waals surface area (Å²) in [4.78, 5) is 40.7. The van der Waals surface area contributed by atoms with Crippen LogP contribution < -0.4 is 10.6 Å². The first-order valence-electron chi connectivity index (χ1n) is 11.6. The van der Waals surface area contributed by atoms with Crippen LogP contribution in [0.3, 0.4) is 0 Å². The van der Waals surface area contributed by atoms with Crippen molar-refractivity contribution in [1.82, 2.24) is 14.6 Å². The molecule has 0 atom stereocenters. The van der Waals surface area contributed by atoms with E-state index < -0.39 is 45.9 Å². The van der Waals surface area contributed by atoms with Crippen molar-refractivity contribution in [2.24, 2.45) is 0 Å². The van der Waals surface area contributed by atoms with E-state index in [1.54, 1.807) is 19.9 Å². The number of amides is 3. The smallest absolute Gasteiger partial charge is 0.256 e. The van der Waals surface area contributed by atoms with Crippen molar-refractivity contribution < 1.29 is 27.2 Å². The molecule has 3 N–H and O–H groups in total. The maximum absolute atomic E-state index is 13.7. The van der Waals surface area contributed by atoms with Crippen LogP contribution in [0.4, 0.5) is 10.1 Å². The molecule has 38 heavy (non-hydrogen) atoms. The Morgan fingerprint density at radius 3 is 2.71 bits per heavy atom. The van der Waals surface area contributed by atoms with E-state index >= 15 is 0 Å². The summed E-state index contributed by atoms with van der Waals surface area (Å²) in [5, 5.41) is 14.2. The Hall–Kier alpha value is -4.42. The monoisotopic (exact) mass is 539 g/mol. The SMILES string of the molecule is C#CCCCC(=O)N(CC#N)S(=O)(=O)CCNC(=O)c1c(C)[nH]c(/C=C2\C(=O)Nc3ccc(F)cc32)c1C. The van der Waals surface area contributed by atoms with Gasteiger partial charge in [-0.1, -0.05) is 0 Å². The summed E-state index contributed by atoms with van der Waals surface area (Å²) in [5.74, 6) is -0.443. The fourth-order valence-corrected chi connectivity index (χ4v) is 5.31. The Bertz CT molecular complexity index is 1510. The number of benzene rings is 1. The summed E-state index contributed by atoms with van der Waals surface area (Å²) in [6, 6.07) is 5.62. The highest BCUT2D eigenvalue weighted by Gasteiger charge is 2.28. The van der Waals surface area contributed by atoms with Gasteiger partial charge in [0.15, 0.2) is 0 Å². The molecule has 2 heterocycles. The maximum atomic E-state index is 13.7. The zero-order valence-electron chi connectivity index (χ0n) is 20.9. The van der Waals surface area contributed by atoms with E-state index in [1.165, 1.54) is 24.3 Å². The lowest BCUT2D eigenvalue weighted by atomic mass is 10.0. The number of anilines is 1. The number of aromatic nitrogens is 1. The number of rotatable bonds is 10.